The van der Waals surface area contributed by atoms with Crippen LogP contribution >= 0.6 is 11.8 Å². The molecule has 0 atom stereocenters. The van der Waals surface area contributed by atoms with Crippen molar-refractivity contribution in [2.75, 3.05) is 13.3 Å². The summed E-state index contributed by atoms with van der Waals surface area (Å²) in [5.74, 6) is 1.00. The predicted molar refractivity (Wildman–Crippen MR) is 50.2 cm³/mol. The van der Waals surface area contributed by atoms with Gasteiger partial charge < -0.3 is 9.88 Å². The minimum Gasteiger partial charge on any atom is -0.313 e. The van der Waals surface area contributed by atoms with E-state index in [1.807, 2.05) is 13.3 Å². The molecule has 1 aromatic rings. The van der Waals surface area contributed by atoms with Gasteiger partial charge in [-0.05, 0) is 20.2 Å². The van der Waals surface area contributed by atoms with E-state index in [2.05, 4.69) is 27.0 Å². The average Bonchev–Trinajstić information content (AvgIpc) is 2.47. The molecule has 0 unspecified atom stereocenters. The molecule has 0 radical (unpaired) electrons. The predicted octanol–water partition coefficient (Wildman–Crippen LogP) is 0.739. The van der Waals surface area contributed by atoms with Gasteiger partial charge in [-0.25, -0.2) is 0 Å². The fraction of sp³-hybridized carbons (Fsp3) is 0.714. The number of rotatable bonds is 4. The third-order valence-corrected chi connectivity index (χ3v) is 2.29. The zero-order valence-corrected chi connectivity index (χ0v) is 8.48. The first-order valence-corrected chi connectivity index (χ1v) is 5.16. The molecular formula is C7H14N4S. The molecule has 5 heteroatoms. The van der Waals surface area contributed by atoms with Crippen LogP contribution < -0.4 is 5.32 Å². The summed E-state index contributed by atoms with van der Waals surface area (Å²) in [7, 11) is 1.91. The molecule has 0 amide bonds. The van der Waals surface area contributed by atoms with Gasteiger partial charge in [-0.15, -0.1) is 10.2 Å². The van der Waals surface area contributed by atoms with Gasteiger partial charge in [0.1, 0.15) is 5.82 Å². The van der Waals surface area contributed by atoms with Crippen molar-refractivity contribution in [1.29, 1.82) is 0 Å². The largest absolute Gasteiger partial charge is 0.313 e. The highest BCUT2D eigenvalue weighted by Gasteiger charge is 2.07. The van der Waals surface area contributed by atoms with E-state index in [9.17, 15) is 0 Å². The lowest BCUT2D eigenvalue weighted by molar-refractivity contribution is 0.619. The maximum Gasteiger partial charge on any atom is 0.190 e. The van der Waals surface area contributed by atoms with Crippen LogP contribution in [0, 0.1) is 0 Å². The van der Waals surface area contributed by atoms with Gasteiger partial charge in [0.2, 0.25) is 0 Å². The number of aromatic nitrogens is 3. The van der Waals surface area contributed by atoms with Crippen LogP contribution in [0.3, 0.4) is 0 Å². The van der Waals surface area contributed by atoms with E-state index in [0.717, 1.165) is 24.1 Å². The van der Waals surface area contributed by atoms with Crippen LogP contribution in [0.1, 0.15) is 12.7 Å². The number of thioether (sulfide) groups is 1. The molecule has 68 valence electrons. The standard InChI is InChI=1S/C7H14N4S/c1-4-11-6(5-8-2)9-10-7(11)12-3/h8H,4-5H2,1-3H3. The molecule has 0 bridgehead atoms. The molecule has 1 heterocycles. The van der Waals surface area contributed by atoms with Crippen LogP contribution in [-0.4, -0.2) is 28.1 Å². The Morgan fingerprint density at radius 3 is 2.75 bits per heavy atom. The molecule has 0 aliphatic rings. The van der Waals surface area contributed by atoms with Gasteiger partial charge in [0.05, 0.1) is 6.54 Å². The summed E-state index contributed by atoms with van der Waals surface area (Å²) < 4.78 is 2.11. The summed E-state index contributed by atoms with van der Waals surface area (Å²) in [6.07, 6.45) is 2.01. The Morgan fingerprint density at radius 1 is 1.50 bits per heavy atom. The second-order valence-electron chi connectivity index (χ2n) is 2.38. The molecule has 1 aromatic heterocycles. The first-order valence-electron chi connectivity index (χ1n) is 3.94. The Bertz CT molecular complexity index is 246. The fourth-order valence-electron chi connectivity index (χ4n) is 1.08. The van der Waals surface area contributed by atoms with Gasteiger partial charge in [0, 0.05) is 6.54 Å². The highest BCUT2D eigenvalue weighted by molar-refractivity contribution is 7.98. The molecule has 0 saturated heterocycles. The van der Waals surface area contributed by atoms with Crippen LogP contribution in [0.2, 0.25) is 0 Å². The number of hydrogen-bond donors (Lipinski definition) is 1. The molecule has 0 aliphatic heterocycles. The van der Waals surface area contributed by atoms with Crippen LogP contribution in [0.5, 0.6) is 0 Å². The van der Waals surface area contributed by atoms with Gasteiger partial charge in [-0.3, -0.25) is 0 Å². The molecule has 0 aromatic carbocycles. The Morgan fingerprint density at radius 2 is 2.25 bits per heavy atom. The second-order valence-corrected chi connectivity index (χ2v) is 3.15. The summed E-state index contributed by atoms with van der Waals surface area (Å²) in [6, 6.07) is 0. The molecule has 0 aliphatic carbocycles. The molecule has 12 heavy (non-hydrogen) atoms. The van der Waals surface area contributed by atoms with Crippen molar-refractivity contribution in [3.8, 4) is 0 Å². The van der Waals surface area contributed by atoms with Crippen molar-refractivity contribution in [1.82, 2.24) is 20.1 Å². The van der Waals surface area contributed by atoms with Gasteiger partial charge in [-0.2, -0.15) is 0 Å². The monoisotopic (exact) mass is 186 g/mol. The van der Waals surface area contributed by atoms with E-state index >= 15 is 0 Å². The van der Waals surface area contributed by atoms with Crippen LogP contribution in [0.25, 0.3) is 0 Å². The Kier molecular flexibility index (Phi) is 3.55. The molecule has 1 N–H and O–H groups in total. The van der Waals surface area contributed by atoms with E-state index in [1.165, 1.54) is 0 Å². The molecule has 1 rings (SSSR count). The lowest BCUT2D eigenvalue weighted by atomic mass is 10.5. The lowest BCUT2D eigenvalue weighted by Gasteiger charge is -2.04. The maximum absolute atomic E-state index is 4.08. The molecular weight excluding hydrogens is 172 g/mol. The highest BCUT2D eigenvalue weighted by Crippen LogP contribution is 2.12. The maximum atomic E-state index is 4.08. The van der Waals surface area contributed by atoms with E-state index in [-0.39, 0.29) is 0 Å². The van der Waals surface area contributed by atoms with Gasteiger partial charge in [0.15, 0.2) is 5.16 Å². The zero-order valence-electron chi connectivity index (χ0n) is 7.66. The number of nitrogens with zero attached hydrogens (tertiary/aromatic N) is 3. The first-order chi connectivity index (χ1) is 5.83. The number of hydrogen-bond acceptors (Lipinski definition) is 4. The summed E-state index contributed by atoms with van der Waals surface area (Å²) in [5.41, 5.74) is 0. The normalized spacial score (nSPS) is 10.6. The molecule has 0 spiro atoms. The first kappa shape index (κ1) is 9.54. The van der Waals surface area contributed by atoms with Crippen molar-refractivity contribution in [3.05, 3.63) is 5.82 Å². The second kappa shape index (κ2) is 4.47. The Balaban J connectivity index is 2.88. The van der Waals surface area contributed by atoms with Crippen LogP contribution in [0.15, 0.2) is 5.16 Å². The lowest BCUT2D eigenvalue weighted by Crippen LogP contribution is -2.12. The fourth-order valence-corrected chi connectivity index (χ4v) is 1.65. The van der Waals surface area contributed by atoms with Crippen molar-refractivity contribution < 1.29 is 0 Å². The van der Waals surface area contributed by atoms with E-state index in [1.54, 1.807) is 11.8 Å². The molecule has 0 saturated carbocycles. The SMILES string of the molecule is CCn1c(CNC)nnc1SC. The number of nitrogens with one attached hydrogen (secondary N) is 1. The topological polar surface area (TPSA) is 42.7 Å². The Hall–Kier alpha value is -0.550. The van der Waals surface area contributed by atoms with Gasteiger partial charge in [0.25, 0.3) is 0 Å². The minimum absolute atomic E-state index is 0.779. The summed E-state index contributed by atoms with van der Waals surface area (Å²) in [4.78, 5) is 0. The summed E-state index contributed by atoms with van der Waals surface area (Å²) >= 11 is 1.63. The summed E-state index contributed by atoms with van der Waals surface area (Å²) in [5, 5.41) is 12.2. The summed E-state index contributed by atoms with van der Waals surface area (Å²) in [6.45, 7) is 3.81. The quantitative estimate of drug-likeness (QED) is 0.704. The van der Waals surface area contributed by atoms with Crippen LogP contribution in [0.4, 0.5) is 0 Å². The van der Waals surface area contributed by atoms with E-state index in [0.29, 0.717) is 0 Å². The smallest absolute Gasteiger partial charge is 0.190 e. The van der Waals surface area contributed by atoms with Crippen molar-refractivity contribution >= 4 is 11.8 Å². The highest BCUT2D eigenvalue weighted by atomic mass is 32.2. The van der Waals surface area contributed by atoms with Crippen molar-refractivity contribution in [3.63, 3.8) is 0 Å². The molecule has 4 nitrogen and oxygen atoms in total. The average molecular weight is 186 g/mol. The Labute approximate surface area is 76.8 Å². The van der Waals surface area contributed by atoms with Crippen molar-refractivity contribution in [2.45, 2.75) is 25.2 Å². The van der Waals surface area contributed by atoms with Crippen LogP contribution in [-0.2, 0) is 13.1 Å². The third-order valence-electron chi connectivity index (χ3n) is 1.63. The molecule has 0 fully saturated rings. The zero-order chi connectivity index (χ0) is 8.97. The van der Waals surface area contributed by atoms with Crippen molar-refractivity contribution in [2.24, 2.45) is 0 Å². The third kappa shape index (κ3) is 1.78. The minimum atomic E-state index is 0.779. The van der Waals surface area contributed by atoms with Gasteiger partial charge >= 0.3 is 0 Å². The van der Waals surface area contributed by atoms with Gasteiger partial charge in [-0.1, -0.05) is 11.8 Å². The van der Waals surface area contributed by atoms with E-state index in [4.69, 9.17) is 0 Å². The van der Waals surface area contributed by atoms with E-state index < -0.39 is 0 Å².